The van der Waals surface area contributed by atoms with E-state index in [2.05, 4.69) is 34.8 Å². The molecule has 2 aromatic heterocycles. The Morgan fingerprint density at radius 1 is 1.12 bits per heavy atom. The van der Waals surface area contributed by atoms with Crippen LogP contribution in [0.3, 0.4) is 0 Å². The number of para-hydroxylation sites is 1. The summed E-state index contributed by atoms with van der Waals surface area (Å²) in [5.41, 5.74) is 1.01. The molecule has 0 N–H and O–H groups in total. The van der Waals surface area contributed by atoms with Gasteiger partial charge in [-0.15, -0.1) is 0 Å². The topological polar surface area (TPSA) is 69.0 Å². The van der Waals surface area contributed by atoms with Crippen LogP contribution < -0.4 is 9.64 Å². The number of hydrogen-bond acceptors (Lipinski definition) is 6. The van der Waals surface area contributed by atoms with Gasteiger partial charge in [-0.1, -0.05) is 23.7 Å². The van der Waals surface area contributed by atoms with E-state index in [0.717, 1.165) is 36.8 Å². The maximum absolute atomic E-state index is 6.29. The summed E-state index contributed by atoms with van der Waals surface area (Å²) in [5, 5.41) is 5.39. The quantitative estimate of drug-likeness (QED) is 0.517. The number of aryl methyl sites for hydroxylation is 1. The number of aromatic nitrogens is 5. The van der Waals surface area contributed by atoms with Crippen LogP contribution in [-0.2, 0) is 6.42 Å². The Morgan fingerprint density at radius 3 is 2.56 bits per heavy atom. The molecule has 0 amide bonds. The summed E-state index contributed by atoms with van der Waals surface area (Å²) < 4.78 is 7.92. The second-order valence-corrected chi connectivity index (χ2v) is 9.68. The Kier molecular flexibility index (Phi) is 5.76. The van der Waals surface area contributed by atoms with Crippen molar-refractivity contribution < 1.29 is 4.74 Å². The van der Waals surface area contributed by atoms with Crippen LogP contribution in [0, 0.1) is 24.7 Å². The molecule has 2 fully saturated rings. The van der Waals surface area contributed by atoms with Crippen molar-refractivity contribution in [2.45, 2.75) is 46.1 Å². The lowest BCUT2D eigenvalue weighted by Gasteiger charge is -2.38. The normalized spacial score (nSPS) is 22.5. The summed E-state index contributed by atoms with van der Waals surface area (Å²) >= 11 is 6.29. The molecule has 32 heavy (non-hydrogen) atoms. The van der Waals surface area contributed by atoms with Crippen molar-refractivity contribution in [2.24, 2.45) is 17.8 Å². The van der Waals surface area contributed by atoms with Crippen molar-refractivity contribution >= 4 is 17.4 Å². The molecule has 0 spiro atoms. The second-order valence-electron chi connectivity index (χ2n) is 9.27. The van der Waals surface area contributed by atoms with Gasteiger partial charge in [0, 0.05) is 31.3 Å². The smallest absolute Gasteiger partial charge is 0.320 e. The first kappa shape index (κ1) is 21.2. The van der Waals surface area contributed by atoms with E-state index < -0.39 is 0 Å². The van der Waals surface area contributed by atoms with Gasteiger partial charge in [0.2, 0.25) is 0 Å². The first-order valence-corrected chi connectivity index (χ1v) is 11.8. The SMILES string of the molecule is Cc1cc(N2C[C@H]3CC[C@@H](C2)C3Cc2nc(Oc3ccccc3Cl)n(C(C)C)n2)ncn1. The molecule has 3 aromatic rings. The number of fused-ring (bicyclic) bond motifs is 2. The highest BCUT2D eigenvalue weighted by Gasteiger charge is 2.43. The van der Waals surface area contributed by atoms with Crippen LogP contribution in [0.4, 0.5) is 5.82 Å². The standard InChI is InChI=1S/C24H29ClN6O/c1-15(2)31-24(32-21-7-5-4-6-20(21)25)28-22(29-31)11-19-17-8-9-18(19)13-30(12-17)23-10-16(3)26-14-27-23/h4-7,10,14-15,17-19H,8-9,11-13H2,1-3H3/t17-,18+,19?. The fourth-order valence-corrected chi connectivity index (χ4v) is 5.32. The minimum Gasteiger partial charge on any atom is -0.423 e. The monoisotopic (exact) mass is 452 g/mol. The summed E-state index contributed by atoms with van der Waals surface area (Å²) in [6.45, 7) is 8.26. The third-order valence-corrected chi connectivity index (χ3v) is 7.04. The Labute approximate surface area is 193 Å². The third-order valence-electron chi connectivity index (χ3n) is 6.73. The van der Waals surface area contributed by atoms with Crippen LogP contribution in [0.15, 0.2) is 36.7 Å². The summed E-state index contributed by atoms with van der Waals surface area (Å²) in [4.78, 5) is 16.0. The van der Waals surface area contributed by atoms with E-state index in [1.165, 1.54) is 12.8 Å². The molecule has 1 saturated heterocycles. The molecular weight excluding hydrogens is 424 g/mol. The van der Waals surface area contributed by atoms with Gasteiger partial charge < -0.3 is 9.64 Å². The number of nitrogens with zero attached hydrogens (tertiary/aromatic N) is 6. The van der Waals surface area contributed by atoms with Gasteiger partial charge in [0.1, 0.15) is 17.9 Å². The van der Waals surface area contributed by atoms with Crippen molar-refractivity contribution in [1.82, 2.24) is 24.7 Å². The van der Waals surface area contributed by atoms with Gasteiger partial charge in [0.15, 0.2) is 5.82 Å². The Bertz CT molecular complexity index is 1090. The Balaban J connectivity index is 1.33. The molecule has 1 aliphatic heterocycles. The zero-order valence-electron chi connectivity index (χ0n) is 18.8. The minimum absolute atomic E-state index is 0.147. The average molecular weight is 453 g/mol. The zero-order valence-corrected chi connectivity index (χ0v) is 19.5. The van der Waals surface area contributed by atoms with Gasteiger partial charge in [-0.3, -0.25) is 0 Å². The van der Waals surface area contributed by atoms with E-state index in [1.54, 1.807) is 6.33 Å². The highest BCUT2D eigenvalue weighted by atomic mass is 35.5. The number of hydrogen-bond donors (Lipinski definition) is 0. The fourth-order valence-electron chi connectivity index (χ4n) is 5.15. The lowest BCUT2D eigenvalue weighted by atomic mass is 9.82. The molecule has 1 saturated carbocycles. The second kappa shape index (κ2) is 8.70. The molecule has 7 nitrogen and oxygen atoms in total. The van der Waals surface area contributed by atoms with E-state index in [4.69, 9.17) is 26.4 Å². The molecule has 3 atom stereocenters. The number of piperidine rings is 1. The highest BCUT2D eigenvalue weighted by Crippen LogP contribution is 2.44. The maximum Gasteiger partial charge on any atom is 0.320 e. The number of rotatable bonds is 6. The van der Waals surface area contributed by atoms with Crippen molar-refractivity contribution in [1.29, 1.82) is 0 Å². The minimum atomic E-state index is 0.147. The van der Waals surface area contributed by atoms with Crippen molar-refractivity contribution in [2.75, 3.05) is 18.0 Å². The van der Waals surface area contributed by atoms with Gasteiger partial charge in [0.05, 0.1) is 11.1 Å². The van der Waals surface area contributed by atoms with Gasteiger partial charge in [-0.05, 0) is 63.5 Å². The van der Waals surface area contributed by atoms with E-state index >= 15 is 0 Å². The van der Waals surface area contributed by atoms with Gasteiger partial charge in [0.25, 0.3) is 0 Å². The summed E-state index contributed by atoms with van der Waals surface area (Å²) in [6.07, 6.45) is 5.06. The van der Waals surface area contributed by atoms with E-state index in [9.17, 15) is 0 Å². The first-order valence-electron chi connectivity index (χ1n) is 11.4. The highest BCUT2D eigenvalue weighted by molar-refractivity contribution is 6.32. The first-order chi connectivity index (χ1) is 15.5. The van der Waals surface area contributed by atoms with E-state index in [-0.39, 0.29) is 6.04 Å². The number of halogens is 1. The summed E-state index contributed by atoms with van der Waals surface area (Å²) in [6, 6.07) is 10.2. The summed E-state index contributed by atoms with van der Waals surface area (Å²) in [5.74, 6) is 4.35. The van der Waals surface area contributed by atoms with Crippen molar-refractivity contribution in [3.05, 3.63) is 53.2 Å². The Morgan fingerprint density at radius 2 is 1.88 bits per heavy atom. The molecule has 0 radical (unpaired) electrons. The van der Waals surface area contributed by atoms with Crippen LogP contribution in [0.1, 0.15) is 44.2 Å². The third kappa shape index (κ3) is 4.18. The molecule has 1 unspecified atom stereocenters. The van der Waals surface area contributed by atoms with Crippen LogP contribution >= 0.6 is 11.6 Å². The van der Waals surface area contributed by atoms with E-state index in [0.29, 0.717) is 34.5 Å². The molecule has 3 heterocycles. The fraction of sp³-hybridized carbons (Fsp3) is 0.500. The van der Waals surface area contributed by atoms with Crippen molar-refractivity contribution in [3.8, 4) is 11.8 Å². The predicted octanol–water partition coefficient (Wildman–Crippen LogP) is 5.11. The van der Waals surface area contributed by atoms with Gasteiger partial charge in [-0.25, -0.2) is 14.6 Å². The van der Waals surface area contributed by atoms with Crippen molar-refractivity contribution in [3.63, 3.8) is 0 Å². The average Bonchev–Trinajstić information content (AvgIpc) is 3.26. The molecule has 8 heteroatoms. The number of benzene rings is 1. The molecule has 2 aliphatic rings. The Hall–Kier alpha value is -2.67. The van der Waals surface area contributed by atoms with E-state index in [1.807, 2.05) is 35.9 Å². The lowest BCUT2D eigenvalue weighted by molar-refractivity contribution is 0.264. The van der Waals surface area contributed by atoms with Crippen LogP contribution in [0.2, 0.25) is 5.02 Å². The molecule has 5 rings (SSSR count). The predicted molar refractivity (Wildman–Crippen MR) is 124 cm³/mol. The number of ether oxygens (including phenoxy) is 1. The van der Waals surface area contributed by atoms with Gasteiger partial charge >= 0.3 is 6.01 Å². The molecule has 1 aromatic carbocycles. The zero-order chi connectivity index (χ0) is 22.2. The lowest BCUT2D eigenvalue weighted by Crippen LogP contribution is -2.43. The number of anilines is 1. The van der Waals surface area contributed by atoms with Crippen LogP contribution in [0.5, 0.6) is 11.8 Å². The maximum atomic E-state index is 6.29. The van der Waals surface area contributed by atoms with Crippen LogP contribution in [0.25, 0.3) is 0 Å². The van der Waals surface area contributed by atoms with Gasteiger partial charge in [-0.2, -0.15) is 10.1 Å². The molecule has 1 aliphatic carbocycles. The molecule has 168 valence electrons. The largest absolute Gasteiger partial charge is 0.423 e. The molecule has 2 bridgehead atoms. The summed E-state index contributed by atoms with van der Waals surface area (Å²) in [7, 11) is 0. The molecular formula is C24H29ClN6O. The van der Waals surface area contributed by atoms with Crippen LogP contribution in [-0.4, -0.2) is 37.8 Å².